The van der Waals surface area contributed by atoms with E-state index in [1.165, 1.54) is 12.1 Å². The Bertz CT molecular complexity index is 821. The fraction of sp³-hybridized carbons (Fsp3) is 0.125. The molecular weight excluding hydrogens is 425 g/mol. The number of rotatable bonds is 5. The van der Waals surface area contributed by atoms with E-state index in [1.807, 2.05) is 0 Å². The topological polar surface area (TPSA) is 93.8 Å². The van der Waals surface area contributed by atoms with Crippen LogP contribution in [-0.4, -0.2) is 23.7 Å². The third kappa shape index (κ3) is 4.28. The number of nitro groups is 1. The average Bonchev–Trinajstić information content (AvgIpc) is 2.59. The summed E-state index contributed by atoms with van der Waals surface area (Å²) < 4.78 is 5.95. The molecule has 0 spiro atoms. The Hall–Kier alpha value is -2.49. The smallest absolute Gasteiger partial charge is 0.271 e. The van der Waals surface area contributed by atoms with Gasteiger partial charge in [0.05, 0.1) is 21.3 Å². The average molecular weight is 439 g/mol. The van der Waals surface area contributed by atoms with Gasteiger partial charge in [-0.1, -0.05) is 12.1 Å². The van der Waals surface area contributed by atoms with Gasteiger partial charge in [0.1, 0.15) is 5.75 Å². The number of hydrazone groups is 1. The van der Waals surface area contributed by atoms with E-state index < -0.39 is 4.92 Å². The predicted molar refractivity (Wildman–Crippen MR) is 98.5 cm³/mol. The van der Waals surface area contributed by atoms with E-state index >= 15 is 0 Å². The minimum absolute atomic E-state index is 0.0296. The molecule has 24 heavy (non-hydrogen) atoms. The van der Waals surface area contributed by atoms with E-state index in [0.717, 1.165) is 3.57 Å². The van der Waals surface area contributed by atoms with Gasteiger partial charge in [0.2, 0.25) is 0 Å². The summed E-state index contributed by atoms with van der Waals surface area (Å²) in [6.07, 6.45) is 0. The maximum atomic E-state index is 12.1. The van der Waals surface area contributed by atoms with Crippen molar-refractivity contribution < 1.29 is 14.5 Å². The summed E-state index contributed by atoms with van der Waals surface area (Å²) in [7, 11) is 1.56. The van der Waals surface area contributed by atoms with Crippen LogP contribution in [-0.2, 0) is 0 Å². The molecule has 7 nitrogen and oxygen atoms in total. The van der Waals surface area contributed by atoms with Crippen molar-refractivity contribution in [2.24, 2.45) is 5.10 Å². The minimum Gasteiger partial charge on any atom is -0.496 e. The molecular formula is C16H14IN3O4. The number of nitrogens with one attached hydrogen (secondary N) is 1. The molecule has 0 aliphatic rings. The molecule has 0 bridgehead atoms. The fourth-order valence-corrected chi connectivity index (χ4v) is 2.65. The van der Waals surface area contributed by atoms with Gasteiger partial charge in [0, 0.05) is 23.3 Å². The summed E-state index contributed by atoms with van der Waals surface area (Å²) in [5.41, 5.74) is 3.89. The Morgan fingerprint density at radius 3 is 2.62 bits per heavy atom. The normalized spacial score (nSPS) is 11.0. The predicted octanol–water partition coefficient (Wildman–Crippen LogP) is 3.36. The van der Waals surface area contributed by atoms with Crippen molar-refractivity contribution in [3.8, 4) is 5.75 Å². The summed E-state index contributed by atoms with van der Waals surface area (Å²) in [6.45, 7) is 1.66. The molecule has 0 radical (unpaired) electrons. The van der Waals surface area contributed by atoms with Gasteiger partial charge in [-0.05, 0) is 47.7 Å². The first-order chi connectivity index (χ1) is 11.4. The lowest BCUT2D eigenvalue weighted by Crippen LogP contribution is -2.19. The number of hydrogen-bond donors (Lipinski definition) is 1. The highest BCUT2D eigenvalue weighted by Crippen LogP contribution is 2.21. The lowest BCUT2D eigenvalue weighted by molar-refractivity contribution is -0.384. The molecule has 8 heteroatoms. The van der Waals surface area contributed by atoms with Gasteiger partial charge in [-0.15, -0.1) is 0 Å². The van der Waals surface area contributed by atoms with Crippen LogP contribution in [0.25, 0.3) is 0 Å². The molecule has 0 aromatic heterocycles. The number of halogens is 1. The Kier molecular flexibility index (Phi) is 5.85. The molecule has 2 aromatic rings. The molecule has 0 saturated heterocycles. The number of nitro benzene ring substituents is 1. The van der Waals surface area contributed by atoms with Gasteiger partial charge in [0.25, 0.3) is 11.6 Å². The number of benzene rings is 2. The second-order valence-electron chi connectivity index (χ2n) is 4.79. The number of carbonyl (C=O) groups excluding carboxylic acids is 1. The van der Waals surface area contributed by atoms with Gasteiger partial charge in [-0.25, -0.2) is 5.43 Å². The first-order valence-electron chi connectivity index (χ1n) is 6.85. The molecule has 0 fully saturated rings. The van der Waals surface area contributed by atoms with Crippen LogP contribution >= 0.6 is 22.6 Å². The maximum absolute atomic E-state index is 12.1. The van der Waals surface area contributed by atoms with Crippen LogP contribution < -0.4 is 10.2 Å². The van der Waals surface area contributed by atoms with Crippen molar-refractivity contribution in [2.75, 3.05) is 7.11 Å². The summed E-state index contributed by atoms with van der Waals surface area (Å²) in [5, 5.41) is 14.8. The number of amides is 1. The number of nitrogens with zero attached hydrogens (tertiary/aromatic N) is 2. The number of non-ortho nitro benzene ring substituents is 1. The Morgan fingerprint density at radius 1 is 1.25 bits per heavy atom. The standard InChI is InChI=1S/C16H14IN3O4/c1-10(11-4-3-5-13(8-11)20(22)23)18-19-16(21)12-6-7-15(24-2)14(17)9-12/h3-9H,1-2H3,(H,19,21)/b18-10+. The molecule has 0 saturated carbocycles. The van der Waals surface area contributed by atoms with Gasteiger partial charge in [0.15, 0.2) is 0 Å². The molecule has 124 valence electrons. The second kappa shape index (κ2) is 7.86. The molecule has 2 aromatic carbocycles. The second-order valence-corrected chi connectivity index (χ2v) is 5.96. The van der Waals surface area contributed by atoms with Gasteiger partial charge < -0.3 is 4.74 Å². The highest BCUT2D eigenvalue weighted by molar-refractivity contribution is 14.1. The Labute approximate surface area is 152 Å². The fourth-order valence-electron chi connectivity index (χ4n) is 1.92. The van der Waals surface area contributed by atoms with E-state index in [4.69, 9.17) is 4.74 Å². The summed E-state index contributed by atoms with van der Waals surface area (Å²) in [4.78, 5) is 22.5. The van der Waals surface area contributed by atoms with E-state index in [-0.39, 0.29) is 11.6 Å². The highest BCUT2D eigenvalue weighted by atomic mass is 127. The zero-order chi connectivity index (χ0) is 17.7. The largest absolute Gasteiger partial charge is 0.496 e. The van der Waals surface area contributed by atoms with Crippen LogP contribution in [0.3, 0.4) is 0 Å². The third-order valence-corrected chi connectivity index (χ3v) is 4.06. The zero-order valence-electron chi connectivity index (χ0n) is 12.9. The quantitative estimate of drug-likeness (QED) is 0.335. The van der Waals surface area contributed by atoms with Crippen LogP contribution in [0.5, 0.6) is 5.75 Å². The molecule has 0 atom stereocenters. The van der Waals surface area contributed by atoms with Crippen LogP contribution in [0.2, 0.25) is 0 Å². The van der Waals surface area contributed by atoms with Crippen molar-refractivity contribution in [1.29, 1.82) is 0 Å². The summed E-state index contributed by atoms with van der Waals surface area (Å²) in [5.74, 6) is 0.309. The van der Waals surface area contributed by atoms with Crippen LogP contribution in [0.1, 0.15) is 22.8 Å². The van der Waals surface area contributed by atoms with Gasteiger partial charge in [-0.2, -0.15) is 5.10 Å². The van der Waals surface area contributed by atoms with Crippen LogP contribution in [0.4, 0.5) is 5.69 Å². The lowest BCUT2D eigenvalue weighted by atomic mass is 10.1. The van der Waals surface area contributed by atoms with E-state index in [9.17, 15) is 14.9 Å². The zero-order valence-corrected chi connectivity index (χ0v) is 15.1. The Balaban J connectivity index is 2.14. The SMILES string of the molecule is COc1ccc(C(=O)N/N=C(\C)c2cccc([N+](=O)[O-])c2)cc1I. The van der Waals surface area contributed by atoms with E-state index in [2.05, 4.69) is 33.1 Å². The molecule has 0 heterocycles. The molecule has 2 rings (SSSR count). The summed E-state index contributed by atoms with van der Waals surface area (Å²) >= 11 is 2.08. The molecule has 0 aliphatic carbocycles. The summed E-state index contributed by atoms with van der Waals surface area (Å²) in [6, 6.07) is 11.1. The van der Waals surface area contributed by atoms with Crippen molar-refractivity contribution in [2.45, 2.75) is 6.92 Å². The molecule has 1 amide bonds. The maximum Gasteiger partial charge on any atom is 0.271 e. The first kappa shape index (κ1) is 17.9. The van der Waals surface area contributed by atoms with Crippen molar-refractivity contribution in [3.63, 3.8) is 0 Å². The van der Waals surface area contributed by atoms with E-state index in [1.54, 1.807) is 44.4 Å². The monoisotopic (exact) mass is 439 g/mol. The van der Waals surface area contributed by atoms with Gasteiger partial charge >= 0.3 is 0 Å². The third-order valence-electron chi connectivity index (χ3n) is 3.21. The van der Waals surface area contributed by atoms with Crippen LogP contribution in [0, 0.1) is 13.7 Å². The van der Waals surface area contributed by atoms with Crippen molar-refractivity contribution in [3.05, 3.63) is 67.3 Å². The number of carbonyl (C=O) groups is 1. The van der Waals surface area contributed by atoms with Crippen molar-refractivity contribution >= 4 is 39.9 Å². The number of ether oxygens (including phenoxy) is 1. The van der Waals surface area contributed by atoms with Gasteiger partial charge in [-0.3, -0.25) is 14.9 Å². The number of methoxy groups -OCH3 is 1. The molecule has 0 aliphatic heterocycles. The van der Waals surface area contributed by atoms with Crippen molar-refractivity contribution in [1.82, 2.24) is 5.43 Å². The molecule has 0 unspecified atom stereocenters. The first-order valence-corrected chi connectivity index (χ1v) is 7.93. The van der Waals surface area contributed by atoms with E-state index in [0.29, 0.717) is 22.6 Å². The Morgan fingerprint density at radius 2 is 2.00 bits per heavy atom. The molecule has 1 N–H and O–H groups in total. The number of hydrogen-bond acceptors (Lipinski definition) is 5. The minimum atomic E-state index is -0.478. The lowest BCUT2D eigenvalue weighted by Gasteiger charge is -2.06. The highest BCUT2D eigenvalue weighted by Gasteiger charge is 2.10. The van der Waals surface area contributed by atoms with Crippen LogP contribution in [0.15, 0.2) is 47.6 Å².